The number of rotatable bonds is 1. The van der Waals surface area contributed by atoms with Gasteiger partial charge in [-0.25, -0.2) is 18.1 Å². The molecule has 4 atom stereocenters. The summed E-state index contributed by atoms with van der Waals surface area (Å²) in [5.41, 5.74) is 0. The van der Waals surface area contributed by atoms with Crippen LogP contribution >= 0.6 is 35.7 Å². The van der Waals surface area contributed by atoms with Gasteiger partial charge in [-0.2, -0.15) is 0 Å². The lowest BCUT2D eigenvalue weighted by molar-refractivity contribution is -0.0329. The van der Waals surface area contributed by atoms with E-state index in [1.165, 1.54) is 12.1 Å². The van der Waals surface area contributed by atoms with E-state index in [0.717, 1.165) is 5.39 Å². The van der Waals surface area contributed by atoms with Gasteiger partial charge in [0.25, 0.3) is 0 Å². The number of aliphatic hydroxyl groups is 2. The monoisotopic (exact) mass is 589 g/mol. The fourth-order valence-corrected chi connectivity index (χ4v) is 2.83. The Hall–Kier alpha value is -1.01. The molecule has 202 valence electrons. The van der Waals surface area contributed by atoms with Gasteiger partial charge in [-0.3, -0.25) is 0 Å². The first-order valence-corrected chi connectivity index (χ1v) is 13.8. The summed E-state index contributed by atoms with van der Waals surface area (Å²) < 4.78 is 47.4. The highest BCUT2D eigenvalue weighted by Gasteiger charge is 2.41. The first kappa shape index (κ1) is 34.0. The highest BCUT2D eigenvalue weighted by atomic mass is 32.1. The molecule has 1 aromatic heterocycles. The molecule has 0 amide bonds. The maximum Gasteiger partial charge on any atom is 0.466 e. The van der Waals surface area contributed by atoms with Crippen LogP contribution in [0.5, 0.6) is 0 Å². The largest absolute Gasteiger partial charge is 0.466 e. The quantitative estimate of drug-likeness (QED) is 0.146. The average Bonchev–Trinajstić information content (AvgIpc) is 2.86. The van der Waals surface area contributed by atoms with Crippen molar-refractivity contribution in [2.45, 2.75) is 31.5 Å². The lowest BCUT2D eigenvalue weighted by Gasteiger charge is -2.19. The number of nitrogens with zero attached hydrogens (tertiary/aromatic N) is 1. The van der Waals surface area contributed by atoms with Crippen molar-refractivity contribution in [2.75, 3.05) is 0 Å². The Morgan fingerprint density at radius 2 is 1.29 bits per heavy atom. The number of hydrogen-bond donors (Lipinski definition) is 11. The van der Waals surface area contributed by atoms with Crippen LogP contribution in [-0.2, 0) is 18.4 Å². The van der Waals surface area contributed by atoms with Crippen molar-refractivity contribution >= 4 is 46.5 Å². The summed E-state index contributed by atoms with van der Waals surface area (Å²) >= 11 is 5.34. The van der Waals surface area contributed by atoms with E-state index >= 15 is 0 Å². The first-order chi connectivity index (χ1) is 15.5. The fourth-order valence-electron chi connectivity index (χ4n) is 2.48. The van der Waals surface area contributed by atoms with Crippen LogP contribution in [0.15, 0.2) is 30.5 Å². The summed E-state index contributed by atoms with van der Waals surface area (Å²) in [5.74, 6) is -0.373. The predicted octanol–water partition coefficient (Wildman–Crippen LogP) is -0.637. The molecular formula is C14H23FNO15P3S. The second-order valence-corrected chi connectivity index (χ2v) is 9.98. The Morgan fingerprint density at radius 3 is 1.66 bits per heavy atom. The third-order valence-electron chi connectivity index (χ3n) is 3.65. The van der Waals surface area contributed by atoms with Gasteiger partial charge in [0.2, 0.25) is 0 Å². The van der Waals surface area contributed by atoms with E-state index < -0.39 is 48.0 Å². The minimum atomic E-state index is -4.64. The van der Waals surface area contributed by atoms with Gasteiger partial charge in [0.1, 0.15) is 22.7 Å². The highest BCUT2D eigenvalue weighted by Crippen LogP contribution is 2.31. The van der Waals surface area contributed by atoms with E-state index in [0.29, 0.717) is 10.0 Å². The summed E-state index contributed by atoms with van der Waals surface area (Å²) in [6.45, 7) is 1.68. The van der Waals surface area contributed by atoms with Gasteiger partial charge in [0.05, 0.1) is 6.10 Å². The van der Waals surface area contributed by atoms with Gasteiger partial charge in [-0.15, -0.1) is 0 Å². The summed E-state index contributed by atoms with van der Waals surface area (Å²) in [6.07, 6.45) is -1.60. The molecule has 0 spiro atoms. The molecule has 21 heteroatoms. The molecule has 1 saturated heterocycles. The van der Waals surface area contributed by atoms with E-state index in [2.05, 4.69) is 0 Å². The van der Waals surface area contributed by atoms with Crippen LogP contribution in [-0.4, -0.2) is 77.1 Å². The molecule has 1 aliphatic rings. The average molecular weight is 589 g/mol. The molecule has 11 N–H and O–H groups in total. The molecule has 2 heterocycles. The van der Waals surface area contributed by atoms with Crippen LogP contribution in [0.1, 0.15) is 13.2 Å². The molecule has 3 rings (SSSR count). The Labute approximate surface area is 200 Å². The Balaban J connectivity index is 0.000000635. The van der Waals surface area contributed by atoms with Crippen molar-refractivity contribution in [3.63, 3.8) is 0 Å². The predicted molar refractivity (Wildman–Crippen MR) is 117 cm³/mol. The number of benzene rings is 1. The van der Waals surface area contributed by atoms with Crippen molar-refractivity contribution in [2.24, 2.45) is 0 Å². The zero-order valence-corrected chi connectivity index (χ0v) is 20.8. The SMILES string of the molecule is CC1OC(n2ccc3ccc(F)cc3c2=S)C(O)C1O.O=P(O)(O)O.O=P(O)(O)O.O=P(O)(O)O. The Morgan fingerprint density at radius 1 is 0.857 bits per heavy atom. The molecule has 0 radical (unpaired) electrons. The third-order valence-corrected chi connectivity index (χ3v) is 4.08. The maximum absolute atomic E-state index is 13.4. The Kier molecular flexibility index (Phi) is 13.1. The molecule has 0 saturated carbocycles. The lowest BCUT2D eigenvalue weighted by Crippen LogP contribution is -2.30. The molecule has 16 nitrogen and oxygen atoms in total. The van der Waals surface area contributed by atoms with Crippen LogP contribution < -0.4 is 0 Å². The molecule has 2 aromatic rings. The first-order valence-electron chi connectivity index (χ1n) is 8.66. The summed E-state index contributed by atoms with van der Waals surface area (Å²) in [6, 6.07) is 6.15. The van der Waals surface area contributed by atoms with Crippen LogP contribution in [0.2, 0.25) is 0 Å². The number of hydrogen-bond acceptors (Lipinski definition) is 7. The Bertz CT molecular complexity index is 1100. The number of aliphatic hydroxyl groups excluding tert-OH is 2. The highest BCUT2D eigenvalue weighted by molar-refractivity contribution is 7.71. The second-order valence-electron chi connectivity index (χ2n) is 6.51. The maximum atomic E-state index is 13.4. The number of halogens is 1. The molecule has 0 aliphatic carbocycles. The van der Waals surface area contributed by atoms with E-state index in [9.17, 15) is 14.6 Å². The zero-order valence-electron chi connectivity index (χ0n) is 17.3. The van der Waals surface area contributed by atoms with Crippen molar-refractivity contribution in [3.05, 3.63) is 40.9 Å². The van der Waals surface area contributed by atoms with E-state index in [-0.39, 0.29) is 5.82 Å². The number of pyridine rings is 1. The van der Waals surface area contributed by atoms with Gasteiger partial charge in [0, 0.05) is 11.6 Å². The molecule has 4 unspecified atom stereocenters. The van der Waals surface area contributed by atoms with Crippen LogP contribution in [0.3, 0.4) is 0 Å². The molecule has 1 aromatic carbocycles. The zero-order chi connectivity index (χ0) is 27.9. The molecule has 1 fully saturated rings. The number of ether oxygens (including phenoxy) is 1. The summed E-state index contributed by atoms with van der Waals surface area (Å²) in [5, 5.41) is 21.2. The molecule has 0 bridgehead atoms. The second kappa shape index (κ2) is 13.5. The molecular weight excluding hydrogens is 566 g/mol. The van der Waals surface area contributed by atoms with Crippen molar-refractivity contribution < 1.29 is 77.1 Å². The summed E-state index contributed by atoms with van der Waals surface area (Å²) in [7, 11) is -13.9. The van der Waals surface area contributed by atoms with Crippen LogP contribution in [0.4, 0.5) is 4.39 Å². The minimum Gasteiger partial charge on any atom is -0.388 e. The van der Waals surface area contributed by atoms with Gasteiger partial charge >= 0.3 is 23.5 Å². The van der Waals surface area contributed by atoms with E-state index in [1.807, 2.05) is 0 Å². The topological polar surface area (TPSA) is 288 Å². The van der Waals surface area contributed by atoms with Crippen LogP contribution in [0.25, 0.3) is 10.8 Å². The number of phosphoric acid groups is 3. The van der Waals surface area contributed by atoms with Crippen molar-refractivity contribution in [1.29, 1.82) is 0 Å². The smallest absolute Gasteiger partial charge is 0.388 e. The van der Waals surface area contributed by atoms with Gasteiger partial charge in [-0.05, 0) is 30.5 Å². The number of fused-ring (bicyclic) bond motifs is 1. The van der Waals surface area contributed by atoms with E-state index in [4.69, 9.17) is 74.7 Å². The standard InChI is InChI=1S/C14H14FNO3S.3H3O4P/c1-7-11(17)12(18)13(19-7)16-5-4-8-2-3-9(15)6-10(8)14(16)20;3*1-5(2,3)4/h2-7,11-13,17-18H,1H3;3*(H3,1,2,3,4). The lowest BCUT2D eigenvalue weighted by atomic mass is 10.1. The minimum absolute atomic E-state index is 0.368. The normalized spacial score (nSPS) is 22.2. The summed E-state index contributed by atoms with van der Waals surface area (Å²) in [4.78, 5) is 64.7. The van der Waals surface area contributed by atoms with Crippen molar-refractivity contribution in [3.8, 4) is 0 Å². The fraction of sp³-hybridized carbons (Fsp3) is 0.357. The molecule has 35 heavy (non-hydrogen) atoms. The van der Waals surface area contributed by atoms with Crippen LogP contribution in [0, 0.1) is 10.5 Å². The van der Waals surface area contributed by atoms with Gasteiger partial charge < -0.3 is 63.6 Å². The van der Waals surface area contributed by atoms with E-state index in [1.54, 1.807) is 29.8 Å². The molecule has 1 aliphatic heterocycles. The van der Waals surface area contributed by atoms with Gasteiger partial charge in [0.15, 0.2) is 6.23 Å². The number of aromatic nitrogens is 1. The third kappa shape index (κ3) is 15.7. The van der Waals surface area contributed by atoms with Gasteiger partial charge in [-0.1, -0.05) is 18.3 Å². The van der Waals surface area contributed by atoms with Crippen molar-refractivity contribution in [1.82, 2.24) is 4.57 Å².